The van der Waals surface area contributed by atoms with Gasteiger partial charge < -0.3 is 10.2 Å². The number of para-hydroxylation sites is 1. The average Bonchev–Trinajstić information content (AvgIpc) is 3.08. The SMILES string of the molecule is O=C(Cc1ccc(F)cc1)Nc1ccc(N2CCc3ccccc32)nn1. The summed E-state index contributed by atoms with van der Waals surface area (Å²) in [5.74, 6) is 0.615. The second kappa shape index (κ2) is 6.92. The molecule has 4 rings (SSSR count). The second-order valence-electron chi connectivity index (χ2n) is 6.16. The topological polar surface area (TPSA) is 58.1 Å². The number of halogens is 1. The average molecular weight is 348 g/mol. The van der Waals surface area contributed by atoms with Crippen LogP contribution in [0.25, 0.3) is 0 Å². The van der Waals surface area contributed by atoms with Gasteiger partial charge in [-0.05, 0) is 47.9 Å². The molecule has 5 nitrogen and oxygen atoms in total. The highest BCUT2D eigenvalue weighted by molar-refractivity contribution is 5.91. The third-order valence-corrected chi connectivity index (χ3v) is 4.36. The molecule has 0 bridgehead atoms. The lowest BCUT2D eigenvalue weighted by Crippen LogP contribution is -2.18. The Morgan fingerprint density at radius 3 is 2.62 bits per heavy atom. The van der Waals surface area contributed by atoms with Crippen molar-refractivity contribution in [1.82, 2.24) is 10.2 Å². The molecule has 0 spiro atoms. The minimum Gasteiger partial charge on any atom is -0.324 e. The van der Waals surface area contributed by atoms with E-state index in [9.17, 15) is 9.18 Å². The van der Waals surface area contributed by atoms with Gasteiger partial charge >= 0.3 is 0 Å². The minimum atomic E-state index is -0.320. The van der Waals surface area contributed by atoms with E-state index in [0.717, 1.165) is 30.0 Å². The lowest BCUT2D eigenvalue weighted by atomic mass is 10.1. The first-order valence-corrected chi connectivity index (χ1v) is 8.42. The molecular formula is C20H17FN4O. The minimum absolute atomic E-state index is 0.156. The molecule has 1 aliphatic heterocycles. The zero-order valence-electron chi connectivity index (χ0n) is 14.0. The zero-order chi connectivity index (χ0) is 17.9. The molecule has 1 amide bonds. The molecule has 1 N–H and O–H groups in total. The van der Waals surface area contributed by atoms with E-state index in [-0.39, 0.29) is 18.1 Å². The van der Waals surface area contributed by atoms with Crippen molar-refractivity contribution in [2.24, 2.45) is 0 Å². The van der Waals surface area contributed by atoms with Gasteiger partial charge in [0.1, 0.15) is 5.82 Å². The van der Waals surface area contributed by atoms with E-state index in [1.807, 2.05) is 18.2 Å². The van der Waals surface area contributed by atoms with E-state index in [1.165, 1.54) is 17.7 Å². The van der Waals surface area contributed by atoms with Gasteiger partial charge in [-0.2, -0.15) is 0 Å². The number of rotatable bonds is 4. The number of hydrogen-bond donors (Lipinski definition) is 1. The number of fused-ring (bicyclic) bond motifs is 1. The molecule has 130 valence electrons. The number of nitrogens with zero attached hydrogens (tertiary/aromatic N) is 3. The number of carbonyl (C=O) groups excluding carboxylic acids is 1. The smallest absolute Gasteiger partial charge is 0.229 e. The van der Waals surface area contributed by atoms with Crippen molar-refractivity contribution in [1.29, 1.82) is 0 Å². The lowest BCUT2D eigenvalue weighted by molar-refractivity contribution is -0.115. The van der Waals surface area contributed by atoms with Gasteiger partial charge in [-0.25, -0.2) is 4.39 Å². The fourth-order valence-electron chi connectivity index (χ4n) is 3.09. The summed E-state index contributed by atoms with van der Waals surface area (Å²) in [7, 11) is 0. The summed E-state index contributed by atoms with van der Waals surface area (Å²) in [6.07, 6.45) is 1.14. The Kier molecular flexibility index (Phi) is 4.31. The number of benzene rings is 2. The molecule has 0 aliphatic carbocycles. The van der Waals surface area contributed by atoms with E-state index in [4.69, 9.17) is 0 Å². The van der Waals surface area contributed by atoms with Crippen LogP contribution in [0.2, 0.25) is 0 Å². The first-order chi connectivity index (χ1) is 12.7. The molecular weight excluding hydrogens is 331 g/mol. The van der Waals surface area contributed by atoms with Gasteiger partial charge in [0.2, 0.25) is 5.91 Å². The Morgan fingerprint density at radius 2 is 1.85 bits per heavy atom. The second-order valence-corrected chi connectivity index (χ2v) is 6.16. The van der Waals surface area contributed by atoms with Crippen LogP contribution in [0, 0.1) is 5.82 Å². The lowest BCUT2D eigenvalue weighted by Gasteiger charge is -2.17. The number of aromatic nitrogens is 2. The van der Waals surface area contributed by atoms with Crippen LogP contribution in [-0.2, 0) is 17.6 Å². The number of anilines is 3. The Labute approximate surface area is 150 Å². The molecule has 3 aromatic rings. The summed E-state index contributed by atoms with van der Waals surface area (Å²) in [5.41, 5.74) is 3.18. The predicted molar refractivity (Wildman–Crippen MR) is 97.9 cm³/mol. The van der Waals surface area contributed by atoms with Crippen LogP contribution in [0.1, 0.15) is 11.1 Å². The van der Waals surface area contributed by atoms with E-state index in [1.54, 1.807) is 18.2 Å². The number of amides is 1. The van der Waals surface area contributed by atoms with Crippen LogP contribution < -0.4 is 10.2 Å². The number of nitrogens with one attached hydrogen (secondary N) is 1. The standard InChI is InChI=1S/C20H17FN4O/c21-16-7-5-14(6-8-16)13-20(26)22-18-9-10-19(24-23-18)25-12-11-15-3-1-2-4-17(15)25/h1-10H,11-13H2,(H,22,23,26). The first-order valence-electron chi connectivity index (χ1n) is 8.42. The van der Waals surface area contributed by atoms with Crippen molar-refractivity contribution in [3.05, 3.63) is 77.6 Å². The van der Waals surface area contributed by atoms with Crippen molar-refractivity contribution in [3.63, 3.8) is 0 Å². The summed E-state index contributed by atoms with van der Waals surface area (Å²) >= 11 is 0. The molecule has 0 atom stereocenters. The van der Waals surface area contributed by atoms with Gasteiger partial charge in [0.05, 0.1) is 6.42 Å². The van der Waals surface area contributed by atoms with Crippen LogP contribution in [0.4, 0.5) is 21.7 Å². The van der Waals surface area contributed by atoms with Crippen molar-refractivity contribution < 1.29 is 9.18 Å². The predicted octanol–water partition coefficient (Wildman–Crippen LogP) is 3.49. The molecule has 0 unspecified atom stereocenters. The highest BCUT2D eigenvalue weighted by Crippen LogP contribution is 2.32. The maximum absolute atomic E-state index is 12.9. The van der Waals surface area contributed by atoms with Gasteiger partial charge in [-0.1, -0.05) is 30.3 Å². The highest BCUT2D eigenvalue weighted by atomic mass is 19.1. The first kappa shape index (κ1) is 16.2. The molecule has 2 heterocycles. The van der Waals surface area contributed by atoms with Crippen LogP contribution in [0.3, 0.4) is 0 Å². The molecule has 0 fully saturated rings. The molecule has 0 saturated heterocycles. The molecule has 1 aromatic heterocycles. The van der Waals surface area contributed by atoms with Crippen molar-refractivity contribution in [2.75, 3.05) is 16.8 Å². The third-order valence-electron chi connectivity index (χ3n) is 4.36. The normalized spacial score (nSPS) is 12.7. The molecule has 0 saturated carbocycles. The Morgan fingerprint density at radius 1 is 1.04 bits per heavy atom. The Bertz CT molecular complexity index is 925. The van der Waals surface area contributed by atoms with Crippen LogP contribution in [0.5, 0.6) is 0 Å². The monoisotopic (exact) mass is 348 g/mol. The molecule has 0 radical (unpaired) electrons. The summed E-state index contributed by atoms with van der Waals surface area (Å²) in [4.78, 5) is 14.2. The van der Waals surface area contributed by atoms with Crippen molar-refractivity contribution in [2.45, 2.75) is 12.8 Å². The van der Waals surface area contributed by atoms with Crippen LogP contribution in [0.15, 0.2) is 60.7 Å². The number of hydrogen-bond acceptors (Lipinski definition) is 4. The summed E-state index contributed by atoms with van der Waals surface area (Å²) in [6, 6.07) is 17.7. The summed E-state index contributed by atoms with van der Waals surface area (Å²) < 4.78 is 12.9. The van der Waals surface area contributed by atoms with Crippen LogP contribution in [-0.4, -0.2) is 22.6 Å². The maximum Gasteiger partial charge on any atom is 0.229 e. The highest BCUT2D eigenvalue weighted by Gasteiger charge is 2.21. The van der Waals surface area contributed by atoms with E-state index in [2.05, 4.69) is 32.5 Å². The largest absolute Gasteiger partial charge is 0.324 e. The third kappa shape index (κ3) is 3.39. The maximum atomic E-state index is 12.9. The van der Waals surface area contributed by atoms with Gasteiger partial charge in [-0.15, -0.1) is 10.2 Å². The van der Waals surface area contributed by atoms with Crippen molar-refractivity contribution >= 4 is 23.2 Å². The Balaban J connectivity index is 1.42. The Hall–Kier alpha value is -3.28. The van der Waals surface area contributed by atoms with E-state index >= 15 is 0 Å². The fourth-order valence-corrected chi connectivity index (χ4v) is 3.09. The van der Waals surface area contributed by atoms with Gasteiger partial charge in [0, 0.05) is 12.2 Å². The van der Waals surface area contributed by atoms with Gasteiger partial charge in [0.25, 0.3) is 0 Å². The van der Waals surface area contributed by atoms with Gasteiger partial charge in [0.15, 0.2) is 11.6 Å². The van der Waals surface area contributed by atoms with E-state index in [0.29, 0.717) is 5.82 Å². The number of carbonyl (C=O) groups is 1. The molecule has 6 heteroatoms. The van der Waals surface area contributed by atoms with Crippen LogP contribution >= 0.6 is 0 Å². The quantitative estimate of drug-likeness (QED) is 0.784. The fraction of sp³-hybridized carbons (Fsp3) is 0.150. The zero-order valence-corrected chi connectivity index (χ0v) is 14.0. The summed E-state index contributed by atoms with van der Waals surface area (Å²) in [6.45, 7) is 0.865. The van der Waals surface area contributed by atoms with E-state index < -0.39 is 0 Å². The summed E-state index contributed by atoms with van der Waals surface area (Å²) in [5, 5.41) is 11.1. The van der Waals surface area contributed by atoms with Crippen molar-refractivity contribution in [3.8, 4) is 0 Å². The molecule has 26 heavy (non-hydrogen) atoms. The van der Waals surface area contributed by atoms with Gasteiger partial charge in [-0.3, -0.25) is 4.79 Å². The molecule has 1 aliphatic rings. The molecule has 2 aromatic carbocycles.